The first-order valence-electron chi connectivity index (χ1n) is 10.4. The molecule has 0 aliphatic carbocycles. The number of para-hydroxylation sites is 1. The maximum atomic E-state index is 13.6. The van der Waals surface area contributed by atoms with E-state index in [1.165, 1.54) is 10.9 Å². The van der Waals surface area contributed by atoms with Gasteiger partial charge in [0.05, 0.1) is 5.69 Å². The van der Waals surface area contributed by atoms with E-state index in [4.69, 9.17) is 0 Å². The summed E-state index contributed by atoms with van der Waals surface area (Å²) in [7, 11) is 0. The summed E-state index contributed by atoms with van der Waals surface area (Å²) >= 11 is 0. The number of hydrogen-bond donors (Lipinski definition) is 1. The molecular weight excluding hydrogens is 447 g/mol. The summed E-state index contributed by atoms with van der Waals surface area (Å²) in [5.74, 6) is -0.895. The van der Waals surface area contributed by atoms with Gasteiger partial charge in [0.15, 0.2) is 11.3 Å². The molecule has 2 aromatic carbocycles. The van der Waals surface area contributed by atoms with Gasteiger partial charge in [-0.2, -0.15) is 23.1 Å². The van der Waals surface area contributed by atoms with Crippen LogP contribution in [0.1, 0.15) is 41.6 Å². The Kier molecular flexibility index (Phi) is 5.03. The average Bonchev–Trinajstić information content (AvgIpc) is 3.42. The van der Waals surface area contributed by atoms with Crippen molar-refractivity contribution in [2.75, 3.05) is 5.32 Å². The smallest absolute Gasteiger partial charge is 0.321 e. The second-order valence-corrected chi connectivity index (χ2v) is 8.00. The Morgan fingerprint density at radius 2 is 1.68 bits per heavy atom. The number of alkyl halides is 3. The molecule has 0 saturated heterocycles. The predicted molar refractivity (Wildman–Crippen MR) is 119 cm³/mol. The molecule has 5 aromatic rings. The number of rotatable bonds is 4. The minimum Gasteiger partial charge on any atom is -0.321 e. The van der Waals surface area contributed by atoms with Gasteiger partial charge in [-0.05, 0) is 42.3 Å². The van der Waals surface area contributed by atoms with Gasteiger partial charge >= 0.3 is 6.18 Å². The van der Waals surface area contributed by atoms with Crippen molar-refractivity contribution in [1.29, 1.82) is 0 Å². The maximum Gasteiger partial charge on any atom is 0.433 e. The normalized spacial score (nSPS) is 12.1. The molecule has 0 saturated carbocycles. The van der Waals surface area contributed by atoms with E-state index in [1.54, 1.807) is 32.0 Å². The van der Waals surface area contributed by atoms with Crippen LogP contribution in [0.3, 0.4) is 0 Å². The van der Waals surface area contributed by atoms with Crippen molar-refractivity contribution in [2.24, 2.45) is 0 Å². The summed E-state index contributed by atoms with van der Waals surface area (Å²) in [4.78, 5) is 18.5. The van der Waals surface area contributed by atoms with Gasteiger partial charge in [0.1, 0.15) is 16.7 Å². The number of nitrogens with one attached hydrogen (secondary N) is 1. The number of nitrogens with zero attached hydrogens (tertiary/aromatic N) is 6. The fourth-order valence-electron chi connectivity index (χ4n) is 3.47. The average molecular weight is 465 g/mol. The molecule has 0 fully saturated rings. The minimum absolute atomic E-state index is 0.0510. The van der Waals surface area contributed by atoms with Gasteiger partial charge in [-0.3, -0.25) is 4.79 Å². The lowest BCUT2D eigenvalue weighted by molar-refractivity contribution is -0.142. The molecule has 1 amide bonds. The molecule has 1 N–H and O–H groups in total. The third-order valence-corrected chi connectivity index (χ3v) is 5.19. The summed E-state index contributed by atoms with van der Waals surface area (Å²) < 4.78 is 41.4. The van der Waals surface area contributed by atoms with Gasteiger partial charge in [0.25, 0.3) is 5.91 Å². The highest BCUT2D eigenvalue weighted by atomic mass is 19.4. The molecule has 172 valence electrons. The fraction of sp³-hybridized carbons (Fsp3) is 0.174. The van der Waals surface area contributed by atoms with Crippen molar-refractivity contribution in [3.05, 3.63) is 77.7 Å². The maximum absolute atomic E-state index is 13.6. The van der Waals surface area contributed by atoms with Gasteiger partial charge in [-0.15, -0.1) is 10.2 Å². The van der Waals surface area contributed by atoms with E-state index < -0.39 is 17.8 Å². The van der Waals surface area contributed by atoms with E-state index in [-0.39, 0.29) is 23.0 Å². The van der Waals surface area contributed by atoms with Crippen LogP contribution in [-0.2, 0) is 6.18 Å². The summed E-state index contributed by atoms with van der Waals surface area (Å²) in [6.07, 6.45) is -4.65. The molecule has 3 heterocycles. The lowest BCUT2D eigenvalue weighted by Crippen LogP contribution is -2.16. The van der Waals surface area contributed by atoms with Crippen molar-refractivity contribution >= 4 is 28.3 Å². The van der Waals surface area contributed by atoms with Crippen LogP contribution < -0.4 is 5.32 Å². The third kappa shape index (κ3) is 3.96. The van der Waals surface area contributed by atoms with Crippen molar-refractivity contribution in [1.82, 2.24) is 29.6 Å². The first kappa shape index (κ1) is 21.6. The standard InChI is InChI=1S/C23H18F3N7O/c1-13(2)17-11-20(23(24,25)26)32-21(28-17)12-19(29-32)22(34)27-14-8-9-16-18(10-14)31-33(30-16)15-6-4-3-5-7-15/h3-13H,1-2H3,(H,27,34). The van der Waals surface area contributed by atoms with E-state index in [2.05, 4.69) is 25.6 Å². The number of carbonyl (C=O) groups excluding carboxylic acids is 1. The Bertz CT molecular complexity index is 1520. The molecular formula is C23H18F3N7O. The number of aromatic nitrogens is 6. The van der Waals surface area contributed by atoms with Crippen molar-refractivity contribution in [3.8, 4) is 5.69 Å². The Morgan fingerprint density at radius 1 is 0.941 bits per heavy atom. The van der Waals surface area contributed by atoms with Crippen LogP contribution in [0.15, 0.2) is 60.7 Å². The first-order chi connectivity index (χ1) is 16.2. The highest BCUT2D eigenvalue weighted by Gasteiger charge is 2.35. The van der Waals surface area contributed by atoms with Crippen LogP contribution in [0.25, 0.3) is 22.4 Å². The van der Waals surface area contributed by atoms with Crippen molar-refractivity contribution < 1.29 is 18.0 Å². The van der Waals surface area contributed by atoms with Crippen molar-refractivity contribution in [2.45, 2.75) is 25.9 Å². The Balaban J connectivity index is 1.46. The molecule has 0 aliphatic heterocycles. The summed E-state index contributed by atoms with van der Waals surface area (Å²) in [5.41, 5.74) is 1.38. The van der Waals surface area contributed by atoms with E-state index >= 15 is 0 Å². The van der Waals surface area contributed by atoms with Crippen LogP contribution in [0.5, 0.6) is 0 Å². The summed E-state index contributed by atoms with van der Waals surface area (Å²) in [6, 6.07) is 16.5. The summed E-state index contributed by atoms with van der Waals surface area (Å²) in [6.45, 7) is 3.49. The van der Waals surface area contributed by atoms with Gasteiger partial charge in [0, 0.05) is 17.4 Å². The zero-order chi connectivity index (χ0) is 24.0. The lowest BCUT2D eigenvalue weighted by Gasteiger charge is -2.12. The van der Waals surface area contributed by atoms with Gasteiger partial charge in [0.2, 0.25) is 0 Å². The Labute approximate surface area is 191 Å². The Morgan fingerprint density at radius 3 is 2.38 bits per heavy atom. The van der Waals surface area contributed by atoms with Crippen LogP contribution in [0.4, 0.5) is 18.9 Å². The molecule has 5 rings (SSSR count). The molecule has 34 heavy (non-hydrogen) atoms. The number of hydrogen-bond acceptors (Lipinski definition) is 5. The SMILES string of the molecule is CC(C)c1cc(C(F)(F)F)n2nc(C(=O)Nc3ccc4nn(-c5ccccc5)nc4c3)cc2n1. The number of anilines is 1. The van der Waals surface area contributed by atoms with E-state index in [0.29, 0.717) is 21.2 Å². The highest BCUT2D eigenvalue weighted by Crippen LogP contribution is 2.31. The molecule has 8 nitrogen and oxygen atoms in total. The minimum atomic E-state index is -4.65. The molecule has 0 atom stereocenters. The van der Waals surface area contributed by atoms with Gasteiger partial charge in [-0.25, -0.2) is 9.50 Å². The van der Waals surface area contributed by atoms with Gasteiger partial charge < -0.3 is 5.32 Å². The largest absolute Gasteiger partial charge is 0.433 e. The fourth-order valence-corrected chi connectivity index (χ4v) is 3.47. The molecule has 0 unspecified atom stereocenters. The van der Waals surface area contributed by atoms with Crippen LogP contribution in [-0.4, -0.2) is 35.5 Å². The van der Waals surface area contributed by atoms with E-state index in [0.717, 1.165) is 11.8 Å². The molecule has 0 aliphatic rings. The van der Waals surface area contributed by atoms with Crippen LogP contribution in [0, 0.1) is 0 Å². The molecule has 0 spiro atoms. The van der Waals surface area contributed by atoms with Crippen LogP contribution in [0.2, 0.25) is 0 Å². The van der Waals surface area contributed by atoms with Crippen molar-refractivity contribution in [3.63, 3.8) is 0 Å². The predicted octanol–water partition coefficient (Wildman–Crippen LogP) is 4.86. The number of carbonyl (C=O) groups is 1. The first-order valence-corrected chi connectivity index (χ1v) is 10.4. The number of benzene rings is 2. The lowest BCUT2D eigenvalue weighted by atomic mass is 10.1. The van der Waals surface area contributed by atoms with Crippen LogP contribution >= 0.6 is 0 Å². The quantitative estimate of drug-likeness (QED) is 0.410. The third-order valence-electron chi connectivity index (χ3n) is 5.19. The Hall–Kier alpha value is -4.28. The zero-order valence-corrected chi connectivity index (χ0v) is 18.1. The van der Waals surface area contributed by atoms with Gasteiger partial charge in [-0.1, -0.05) is 32.0 Å². The molecule has 3 aromatic heterocycles. The molecule has 0 radical (unpaired) electrons. The second-order valence-electron chi connectivity index (χ2n) is 8.00. The summed E-state index contributed by atoms with van der Waals surface area (Å²) in [5, 5.41) is 15.4. The number of fused-ring (bicyclic) bond motifs is 2. The van der Waals surface area contributed by atoms with E-state index in [1.807, 2.05) is 30.3 Å². The second kappa shape index (κ2) is 7.94. The number of halogens is 3. The van der Waals surface area contributed by atoms with E-state index in [9.17, 15) is 18.0 Å². The topological polar surface area (TPSA) is 90.0 Å². The monoisotopic (exact) mass is 465 g/mol. The molecule has 11 heteroatoms. The highest BCUT2D eigenvalue weighted by molar-refractivity contribution is 6.04. The number of amides is 1. The molecule has 0 bridgehead atoms. The zero-order valence-electron chi connectivity index (χ0n) is 18.1.